The van der Waals surface area contributed by atoms with Crippen molar-refractivity contribution in [3.8, 4) is 5.75 Å². The zero-order chi connectivity index (χ0) is 30.4. The number of quaternary nitrogens is 1. The Balaban J connectivity index is 2.44. The van der Waals surface area contributed by atoms with E-state index in [0.717, 1.165) is 41.7 Å². The van der Waals surface area contributed by atoms with Crippen LogP contribution in [0.2, 0.25) is 0 Å². The average Bonchev–Trinajstić information content (AvgIpc) is 2.94. The molecule has 0 aliphatic rings. The van der Waals surface area contributed by atoms with Crippen molar-refractivity contribution in [3.05, 3.63) is 29.8 Å². The zero-order valence-corrected chi connectivity index (χ0v) is 27.8. The maximum absolute atomic E-state index is 12.4. The molecule has 0 radical (unpaired) electrons. The minimum atomic E-state index is -4.43. The molecular formula is C33H60NO6P. The number of phosphoric acid groups is 1. The van der Waals surface area contributed by atoms with Crippen LogP contribution in [0.5, 0.6) is 5.75 Å². The number of unbranched alkanes of at least 4 members (excludes halogenated alkanes) is 9. The molecule has 0 heterocycles. The number of ether oxygens (including phenoxy) is 1. The molecule has 8 heteroatoms. The Morgan fingerprint density at radius 3 is 2.02 bits per heavy atom. The molecule has 0 N–H and O–H groups in total. The number of ketones is 1. The summed E-state index contributed by atoms with van der Waals surface area (Å²) in [5, 5.41) is 0. The van der Waals surface area contributed by atoms with E-state index in [9.17, 15) is 14.3 Å². The van der Waals surface area contributed by atoms with Gasteiger partial charge in [-0.15, -0.1) is 0 Å². The molecular weight excluding hydrogens is 537 g/mol. The standard InChI is InChI=1S/C33H60NO6P/c1-6-9-10-11-12-13-14-15-16-17-25-38-33-22-20-30(21-23-33)27-31(28-32(35)19-7-2)29-40-41(36,37)39-26-18-24-34(4,5)8-3/h20-23,31H,6-19,24-29H2,1-5H3. The highest BCUT2D eigenvalue weighted by Crippen LogP contribution is 2.39. The maximum Gasteiger partial charge on any atom is 0.267 e. The molecule has 0 spiro atoms. The highest BCUT2D eigenvalue weighted by atomic mass is 31.2. The molecule has 1 rings (SSSR count). The largest absolute Gasteiger partial charge is 0.756 e. The fourth-order valence-electron chi connectivity index (χ4n) is 4.79. The van der Waals surface area contributed by atoms with Crippen molar-refractivity contribution in [2.75, 3.05) is 47.0 Å². The summed E-state index contributed by atoms with van der Waals surface area (Å²) in [6.07, 6.45) is 15.7. The fourth-order valence-corrected chi connectivity index (χ4v) is 5.61. The number of carbonyl (C=O) groups excluding carboxylic acids is 1. The Bertz CT molecular complexity index is 845. The quantitative estimate of drug-likeness (QED) is 0.0582. The van der Waals surface area contributed by atoms with Gasteiger partial charge in [0.25, 0.3) is 7.82 Å². The van der Waals surface area contributed by atoms with Crippen molar-refractivity contribution in [2.45, 2.75) is 117 Å². The molecule has 238 valence electrons. The van der Waals surface area contributed by atoms with E-state index in [1.165, 1.54) is 57.8 Å². The topological polar surface area (TPSA) is 84.9 Å². The number of nitrogens with zero attached hydrogens (tertiary/aromatic N) is 1. The van der Waals surface area contributed by atoms with Gasteiger partial charge in [-0.3, -0.25) is 9.36 Å². The van der Waals surface area contributed by atoms with Crippen molar-refractivity contribution < 1.29 is 32.5 Å². The van der Waals surface area contributed by atoms with Crippen LogP contribution < -0.4 is 9.63 Å². The van der Waals surface area contributed by atoms with Crippen molar-refractivity contribution >= 4 is 13.6 Å². The van der Waals surface area contributed by atoms with Gasteiger partial charge in [-0.25, -0.2) is 0 Å². The lowest BCUT2D eigenvalue weighted by molar-refractivity contribution is -0.888. The fraction of sp³-hybridized carbons (Fsp3) is 0.788. The third-order valence-electron chi connectivity index (χ3n) is 7.74. The lowest BCUT2D eigenvalue weighted by Crippen LogP contribution is -2.40. The molecule has 2 atom stereocenters. The first kappa shape index (κ1) is 37.8. The summed E-state index contributed by atoms with van der Waals surface area (Å²) >= 11 is 0. The summed E-state index contributed by atoms with van der Waals surface area (Å²) in [5.74, 6) is 0.717. The number of Topliss-reactive ketones (excluding diaryl/α,β-unsaturated/α-hetero) is 1. The number of benzene rings is 1. The van der Waals surface area contributed by atoms with E-state index < -0.39 is 7.82 Å². The van der Waals surface area contributed by atoms with Gasteiger partial charge in [0.05, 0.1) is 47.0 Å². The molecule has 1 aromatic rings. The van der Waals surface area contributed by atoms with Crippen LogP contribution in [0.15, 0.2) is 24.3 Å². The Kier molecular flexibility index (Phi) is 20.6. The molecule has 0 saturated carbocycles. The van der Waals surface area contributed by atoms with Crippen molar-refractivity contribution in [1.29, 1.82) is 0 Å². The number of phosphoric ester groups is 1. The van der Waals surface area contributed by atoms with Crippen molar-refractivity contribution in [3.63, 3.8) is 0 Å². The SMILES string of the molecule is CCCCCCCCCCCCOc1ccc(CC(COP(=O)([O-])OCCC[N+](C)(C)CC)CC(=O)CCC)cc1. The van der Waals surface area contributed by atoms with Crippen LogP contribution in [0.1, 0.15) is 116 Å². The van der Waals surface area contributed by atoms with Gasteiger partial charge in [0, 0.05) is 19.3 Å². The minimum absolute atomic E-state index is 0.0657. The molecule has 7 nitrogen and oxygen atoms in total. The van der Waals surface area contributed by atoms with Crippen LogP contribution in [0.25, 0.3) is 0 Å². The van der Waals surface area contributed by atoms with Crippen LogP contribution in [-0.4, -0.2) is 57.3 Å². The van der Waals surface area contributed by atoms with Crippen LogP contribution in [0.4, 0.5) is 0 Å². The number of rotatable bonds is 27. The number of hydrogen-bond acceptors (Lipinski definition) is 6. The highest BCUT2D eigenvalue weighted by Gasteiger charge is 2.19. The Morgan fingerprint density at radius 1 is 0.829 bits per heavy atom. The van der Waals surface area contributed by atoms with Crippen LogP contribution in [0, 0.1) is 5.92 Å². The summed E-state index contributed by atoms with van der Waals surface area (Å²) in [5.41, 5.74) is 1.02. The Labute approximate surface area is 251 Å². The van der Waals surface area contributed by atoms with E-state index in [1.54, 1.807) is 0 Å². The second-order valence-electron chi connectivity index (χ2n) is 12.1. The van der Waals surface area contributed by atoms with Crippen LogP contribution in [0.3, 0.4) is 0 Å². The van der Waals surface area contributed by atoms with Gasteiger partial charge in [0.15, 0.2) is 0 Å². The lowest BCUT2D eigenvalue weighted by atomic mass is 9.94. The Hall–Kier alpha value is -1.24. The second-order valence-corrected chi connectivity index (χ2v) is 13.6. The monoisotopic (exact) mass is 597 g/mol. The van der Waals surface area contributed by atoms with Gasteiger partial charge in [0.1, 0.15) is 11.5 Å². The first-order chi connectivity index (χ1) is 19.6. The van der Waals surface area contributed by atoms with E-state index in [1.807, 2.05) is 31.2 Å². The first-order valence-electron chi connectivity index (χ1n) is 16.3. The van der Waals surface area contributed by atoms with Crippen molar-refractivity contribution in [2.24, 2.45) is 5.92 Å². The summed E-state index contributed by atoms with van der Waals surface area (Å²) in [7, 11) is -0.228. The lowest BCUT2D eigenvalue weighted by Gasteiger charge is -2.29. The van der Waals surface area contributed by atoms with E-state index in [4.69, 9.17) is 13.8 Å². The highest BCUT2D eigenvalue weighted by molar-refractivity contribution is 7.45. The van der Waals surface area contributed by atoms with Crippen LogP contribution >= 0.6 is 7.82 Å². The van der Waals surface area contributed by atoms with Gasteiger partial charge in [0.2, 0.25) is 0 Å². The van der Waals surface area contributed by atoms with Crippen molar-refractivity contribution in [1.82, 2.24) is 0 Å². The average molecular weight is 598 g/mol. The predicted octanol–water partition coefficient (Wildman–Crippen LogP) is 7.89. The van der Waals surface area contributed by atoms with E-state index in [-0.39, 0.29) is 31.3 Å². The third kappa shape index (κ3) is 20.3. The summed E-state index contributed by atoms with van der Waals surface area (Å²) < 4.78 is 29.4. The van der Waals surface area contributed by atoms with Gasteiger partial charge in [-0.1, -0.05) is 83.8 Å². The number of hydrogen-bond donors (Lipinski definition) is 0. The normalized spacial score (nSPS) is 14.1. The number of carbonyl (C=O) groups is 1. The van der Waals surface area contributed by atoms with Gasteiger partial charge >= 0.3 is 0 Å². The predicted molar refractivity (Wildman–Crippen MR) is 167 cm³/mol. The molecule has 0 aromatic heterocycles. The van der Waals surface area contributed by atoms with Gasteiger partial charge in [-0.05, 0) is 49.8 Å². The summed E-state index contributed by atoms with van der Waals surface area (Å²) in [4.78, 5) is 24.7. The summed E-state index contributed by atoms with van der Waals surface area (Å²) in [6.45, 7) is 8.86. The molecule has 41 heavy (non-hydrogen) atoms. The summed E-state index contributed by atoms with van der Waals surface area (Å²) in [6, 6.07) is 7.89. The smallest absolute Gasteiger partial charge is 0.267 e. The molecule has 0 bridgehead atoms. The molecule has 0 fully saturated rings. The van der Waals surface area contributed by atoms with Crippen LogP contribution in [-0.2, 0) is 24.8 Å². The van der Waals surface area contributed by atoms with Gasteiger partial charge in [-0.2, -0.15) is 0 Å². The zero-order valence-electron chi connectivity index (χ0n) is 26.9. The molecule has 0 saturated heterocycles. The van der Waals surface area contributed by atoms with E-state index in [0.29, 0.717) is 25.9 Å². The van der Waals surface area contributed by atoms with E-state index >= 15 is 0 Å². The molecule has 1 aromatic carbocycles. The molecule has 2 unspecified atom stereocenters. The Morgan fingerprint density at radius 2 is 1.44 bits per heavy atom. The molecule has 0 aliphatic heterocycles. The minimum Gasteiger partial charge on any atom is -0.756 e. The van der Waals surface area contributed by atoms with E-state index in [2.05, 4.69) is 27.9 Å². The maximum atomic E-state index is 12.4. The first-order valence-corrected chi connectivity index (χ1v) is 17.7. The molecule has 0 aliphatic carbocycles. The third-order valence-corrected chi connectivity index (χ3v) is 8.71. The second kappa shape index (κ2) is 22.3. The molecule has 0 amide bonds. The van der Waals surface area contributed by atoms with Gasteiger partial charge < -0.3 is 23.2 Å².